The lowest BCUT2D eigenvalue weighted by atomic mass is 10.1. The quantitative estimate of drug-likeness (QED) is 0.879. The summed E-state index contributed by atoms with van der Waals surface area (Å²) < 4.78 is 0. The molecule has 0 aliphatic heterocycles. The van der Waals surface area contributed by atoms with Crippen molar-refractivity contribution in [3.8, 4) is 0 Å². The summed E-state index contributed by atoms with van der Waals surface area (Å²) in [5.41, 5.74) is 5.34. The molecule has 0 spiro atoms. The van der Waals surface area contributed by atoms with Crippen molar-refractivity contribution in [2.24, 2.45) is 0 Å². The maximum atomic E-state index is 9.60. The van der Waals surface area contributed by atoms with Gasteiger partial charge in [0.15, 0.2) is 0 Å². The molecule has 2 aromatic rings. The molecule has 0 aliphatic carbocycles. The predicted octanol–water partition coefficient (Wildman–Crippen LogP) is 4.78. The van der Waals surface area contributed by atoms with E-state index in [4.69, 9.17) is 11.6 Å². The highest BCUT2D eigenvalue weighted by Gasteiger charge is 2.12. The first-order valence-electron chi connectivity index (χ1n) is 6.68. The van der Waals surface area contributed by atoms with Crippen LogP contribution in [0.3, 0.4) is 0 Å². The van der Waals surface area contributed by atoms with Crippen molar-refractivity contribution in [2.75, 3.05) is 11.9 Å². The zero-order valence-corrected chi connectivity index (χ0v) is 13.1. The molecular weight excluding hydrogens is 270 g/mol. The van der Waals surface area contributed by atoms with Gasteiger partial charge in [0.1, 0.15) is 0 Å². The first-order chi connectivity index (χ1) is 9.40. The van der Waals surface area contributed by atoms with Crippen molar-refractivity contribution in [1.29, 1.82) is 0 Å². The van der Waals surface area contributed by atoms with E-state index in [2.05, 4.69) is 36.9 Å². The maximum Gasteiger partial charge on any atom is 0.0762 e. The Balaban J connectivity index is 2.40. The second-order valence-corrected chi connectivity index (χ2v) is 5.64. The molecule has 0 saturated heterocycles. The van der Waals surface area contributed by atoms with E-state index in [1.165, 1.54) is 11.1 Å². The normalized spacial score (nSPS) is 12.3. The van der Waals surface area contributed by atoms with Crippen molar-refractivity contribution in [1.82, 2.24) is 0 Å². The molecule has 20 heavy (non-hydrogen) atoms. The van der Waals surface area contributed by atoms with Gasteiger partial charge in [-0.05, 0) is 50.1 Å². The van der Waals surface area contributed by atoms with E-state index in [0.29, 0.717) is 5.02 Å². The number of hydrogen-bond donors (Lipinski definition) is 1. The Kier molecular flexibility index (Phi) is 4.36. The van der Waals surface area contributed by atoms with Crippen molar-refractivity contribution in [3.63, 3.8) is 0 Å². The molecule has 1 N–H and O–H groups in total. The fraction of sp³-hybridized carbons (Fsp3) is 0.294. The number of aliphatic hydroxyl groups is 1. The molecule has 1 atom stereocenters. The number of halogens is 1. The average Bonchev–Trinajstić information content (AvgIpc) is 2.37. The predicted molar refractivity (Wildman–Crippen MR) is 86.1 cm³/mol. The second-order valence-electron chi connectivity index (χ2n) is 5.24. The highest BCUT2D eigenvalue weighted by molar-refractivity contribution is 6.33. The molecule has 2 aromatic carbocycles. The molecule has 0 bridgehead atoms. The number of nitrogens with zero attached hydrogens (tertiary/aromatic N) is 1. The van der Waals surface area contributed by atoms with Gasteiger partial charge >= 0.3 is 0 Å². The Labute approximate surface area is 125 Å². The molecule has 0 radical (unpaired) electrons. The van der Waals surface area contributed by atoms with Crippen LogP contribution in [0, 0.1) is 13.8 Å². The van der Waals surface area contributed by atoms with E-state index < -0.39 is 6.10 Å². The van der Waals surface area contributed by atoms with Gasteiger partial charge in [-0.15, -0.1) is 0 Å². The number of rotatable bonds is 3. The molecule has 2 nitrogen and oxygen atoms in total. The highest BCUT2D eigenvalue weighted by atomic mass is 35.5. The number of benzene rings is 2. The number of hydrogen-bond acceptors (Lipinski definition) is 2. The van der Waals surface area contributed by atoms with E-state index in [-0.39, 0.29) is 0 Å². The van der Waals surface area contributed by atoms with Crippen LogP contribution in [-0.2, 0) is 0 Å². The van der Waals surface area contributed by atoms with Crippen LogP contribution in [-0.4, -0.2) is 12.2 Å². The minimum Gasteiger partial charge on any atom is -0.389 e. The standard InChI is InChI=1S/C17H20ClNO/c1-11-5-7-16(12(2)9-11)19(4)17-8-6-14(13(3)20)10-15(17)18/h5-10,13,20H,1-4H3/t13-/m1/s1. The van der Waals surface area contributed by atoms with Gasteiger partial charge in [0.05, 0.1) is 16.8 Å². The Hall–Kier alpha value is -1.51. The minimum absolute atomic E-state index is 0.507. The van der Waals surface area contributed by atoms with Crippen LogP contribution in [0.1, 0.15) is 29.7 Å². The van der Waals surface area contributed by atoms with Crippen molar-refractivity contribution in [2.45, 2.75) is 26.9 Å². The van der Waals surface area contributed by atoms with Crippen LogP contribution in [0.25, 0.3) is 0 Å². The van der Waals surface area contributed by atoms with Gasteiger partial charge < -0.3 is 10.0 Å². The molecule has 106 valence electrons. The van der Waals surface area contributed by atoms with Gasteiger partial charge in [0, 0.05) is 12.7 Å². The summed E-state index contributed by atoms with van der Waals surface area (Å²) in [4.78, 5) is 2.07. The smallest absolute Gasteiger partial charge is 0.0762 e. The molecule has 0 aliphatic rings. The van der Waals surface area contributed by atoms with Crippen LogP contribution in [0.4, 0.5) is 11.4 Å². The van der Waals surface area contributed by atoms with E-state index >= 15 is 0 Å². The lowest BCUT2D eigenvalue weighted by molar-refractivity contribution is 0.199. The van der Waals surface area contributed by atoms with E-state index in [1.807, 2.05) is 25.2 Å². The molecular formula is C17H20ClNO. The molecule has 0 unspecified atom stereocenters. The minimum atomic E-state index is -0.507. The van der Waals surface area contributed by atoms with E-state index in [1.54, 1.807) is 6.92 Å². The fourth-order valence-electron chi connectivity index (χ4n) is 2.37. The molecule has 3 heteroatoms. The molecule has 2 rings (SSSR count). The van der Waals surface area contributed by atoms with Crippen LogP contribution in [0.2, 0.25) is 5.02 Å². The molecule has 0 fully saturated rings. The van der Waals surface area contributed by atoms with Crippen LogP contribution in [0.15, 0.2) is 36.4 Å². The average molecular weight is 290 g/mol. The van der Waals surface area contributed by atoms with Gasteiger partial charge in [-0.3, -0.25) is 0 Å². The zero-order valence-electron chi connectivity index (χ0n) is 12.3. The SMILES string of the molecule is Cc1ccc(N(C)c2ccc([C@@H](C)O)cc2Cl)c(C)c1. The molecule has 0 heterocycles. The molecule has 0 saturated carbocycles. The van der Waals surface area contributed by atoms with E-state index in [0.717, 1.165) is 16.9 Å². The van der Waals surface area contributed by atoms with Gasteiger partial charge in [-0.25, -0.2) is 0 Å². The summed E-state index contributed by atoms with van der Waals surface area (Å²) in [6, 6.07) is 12.0. The largest absolute Gasteiger partial charge is 0.389 e. The fourth-order valence-corrected chi connectivity index (χ4v) is 2.68. The summed E-state index contributed by atoms with van der Waals surface area (Å²) in [5, 5.41) is 10.2. The number of aliphatic hydroxyl groups excluding tert-OH is 1. The number of anilines is 2. The Morgan fingerprint density at radius 1 is 1.05 bits per heavy atom. The molecule has 0 amide bonds. The topological polar surface area (TPSA) is 23.5 Å². The Bertz CT molecular complexity index is 622. The lowest BCUT2D eigenvalue weighted by Gasteiger charge is -2.23. The van der Waals surface area contributed by atoms with E-state index in [9.17, 15) is 5.11 Å². The third kappa shape index (κ3) is 2.97. The zero-order chi connectivity index (χ0) is 14.9. The van der Waals surface area contributed by atoms with Crippen molar-refractivity contribution >= 4 is 23.0 Å². The number of aryl methyl sites for hydroxylation is 2. The molecule has 0 aromatic heterocycles. The third-order valence-corrected chi connectivity index (χ3v) is 3.83. The van der Waals surface area contributed by atoms with Gasteiger partial charge in [0.25, 0.3) is 0 Å². The van der Waals surface area contributed by atoms with Crippen LogP contribution < -0.4 is 4.90 Å². The summed E-state index contributed by atoms with van der Waals surface area (Å²) >= 11 is 6.35. The lowest BCUT2D eigenvalue weighted by Crippen LogP contribution is -2.11. The van der Waals surface area contributed by atoms with Crippen LogP contribution in [0.5, 0.6) is 0 Å². The first kappa shape index (κ1) is 14.9. The Morgan fingerprint density at radius 2 is 1.70 bits per heavy atom. The summed E-state index contributed by atoms with van der Waals surface area (Å²) in [6.45, 7) is 5.91. The van der Waals surface area contributed by atoms with Crippen LogP contribution >= 0.6 is 11.6 Å². The van der Waals surface area contributed by atoms with Gasteiger partial charge in [-0.2, -0.15) is 0 Å². The third-order valence-electron chi connectivity index (χ3n) is 3.53. The summed E-state index contributed by atoms with van der Waals surface area (Å²) in [5.74, 6) is 0. The second kappa shape index (κ2) is 5.86. The van der Waals surface area contributed by atoms with Gasteiger partial charge in [-0.1, -0.05) is 35.4 Å². The first-order valence-corrected chi connectivity index (χ1v) is 7.06. The van der Waals surface area contributed by atoms with Crippen molar-refractivity contribution < 1.29 is 5.11 Å². The summed E-state index contributed by atoms with van der Waals surface area (Å²) in [7, 11) is 2.00. The van der Waals surface area contributed by atoms with Gasteiger partial charge in [0.2, 0.25) is 0 Å². The Morgan fingerprint density at radius 3 is 2.25 bits per heavy atom. The highest BCUT2D eigenvalue weighted by Crippen LogP contribution is 2.34. The maximum absolute atomic E-state index is 9.60. The van der Waals surface area contributed by atoms with Crippen molar-refractivity contribution in [3.05, 3.63) is 58.1 Å². The monoisotopic (exact) mass is 289 g/mol. The summed E-state index contributed by atoms with van der Waals surface area (Å²) in [6.07, 6.45) is -0.507.